The molecule has 1 amide bonds. The normalized spacial score (nSPS) is 22.9. The van der Waals surface area contributed by atoms with Crippen LogP contribution < -0.4 is 0 Å². The fourth-order valence-electron chi connectivity index (χ4n) is 4.73. The van der Waals surface area contributed by atoms with Crippen molar-refractivity contribution in [2.45, 2.75) is 51.2 Å². The zero-order valence-corrected chi connectivity index (χ0v) is 19.0. The molecule has 0 saturated carbocycles. The van der Waals surface area contributed by atoms with Crippen LogP contribution in [-0.4, -0.2) is 62.4 Å². The van der Waals surface area contributed by atoms with Gasteiger partial charge >= 0.3 is 0 Å². The van der Waals surface area contributed by atoms with Crippen molar-refractivity contribution in [1.82, 2.24) is 24.6 Å². The van der Waals surface area contributed by atoms with Gasteiger partial charge in [0.25, 0.3) is 0 Å². The van der Waals surface area contributed by atoms with Crippen molar-refractivity contribution in [1.29, 1.82) is 0 Å². The van der Waals surface area contributed by atoms with Crippen LogP contribution in [0.2, 0.25) is 0 Å². The fraction of sp³-hybridized carbons (Fsp3) is 0.609. The number of rotatable bonds is 6. The van der Waals surface area contributed by atoms with Gasteiger partial charge in [-0.15, -0.1) is 10.2 Å². The molecule has 0 radical (unpaired) electrons. The number of carbonyl (C=O) groups excluding carboxylic acids is 1. The monoisotopic (exact) mass is 427 g/mol. The van der Waals surface area contributed by atoms with Gasteiger partial charge in [-0.2, -0.15) is 0 Å². The smallest absolute Gasteiger partial charge is 0.233 e. The molecule has 7 heteroatoms. The van der Waals surface area contributed by atoms with Crippen LogP contribution in [0.5, 0.6) is 0 Å². The van der Waals surface area contributed by atoms with Crippen molar-refractivity contribution in [3.63, 3.8) is 0 Å². The Bertz CT molecular complexity index is 823. The molecular formula is C23H33N5OS. The largest absolute Gasteiger partial charge is 0.341 e. The van der Waals surface area contributed by atoms with E-state index in [9.17, 15) is 4.79 Å². The molecule has 162 valence electrons. The molecule has 6 nitrogen and oxygen atoms in total. The number of hydrogen-bond acceptors (Lipinski definition) is 5. The van der Waals surface area contributed by atoms with Gasteiger partial charge in [0.05, 0.1) is 12.3 Å². The highest BCUT2D eigenvalue weighted by molar-refractivity contribution is 7.99. The summed E-state index contributed by atoms with van der Waals surface area (Å²) < 4.78 is 2.13. The SMILES string of the molecule is C[C@H]1C[C@H](C)CN(C(=O)CSc2nnc(CN3CCCCC3)n2-c2ccccc2)C1. The lowest BCUT2D eigenvalue weighted by Gasteiger charge is -2.35. The molecule has 4 rings (SSSR count). The Morgan fingerprint density at radius 3 is 2.43 bits per heavy atom. The number of benzene rings is 1. The number of aromatic nitrogens is 3. The summed E-state index contributed by atoms with van der Waals surface area (Å²) in [7, 11) is 0. The number of piperidine rings is 2. The standard InChI is InChI=1S/C23H33N5OS/c1-18-13-19(2)15-27(14-18)22(29)17-30-23-25-24-21(16-26-11-7-4-8-12-26)28(23)20-9-5-3-6-10-20/h3,5-6,9-10,18-19H,4,7-8,11-17H2,1-2H3/t18-,19-/m0/s1. The summed E-state index contributed by atoms with van der Waals surface area (Å²) in [6.07, 6.45) is 5.03. The van der Waals surface area contributed by atoms with E-state index in [1.807, 2.05) is 23.1 Å². The average molecular weight is 428 g/mol. The van der Waals surface area contributed by atoms with Gasteiger partial charge in [-0.25, -0.2) is 0 Å². The fourth-order valence-corrected chi connectivity index (χ4v) is 5.61. The first-order chi connectivity index (χ1) is 14.6. The van der Waals surface area contributed by atoms with Crippen molar-refractivity contribution in [2.75, 3.05) is 31.9 Å². The van der Waals surface area contributed by atoms with E-state index in [1.54, 1.807) is 0 Å². The van der Waals surface area contributed by atoms with Crippen LogP contribution in [0.4, 0.5) is 0 Å². The summed E-state index contributed by atoms with van der Waals surface area (Å²) >= 11 is 1.51. The quantitative estimate of drug-likeness (QED) is 0.656. The second kappa shape index (κ2) is 9.96. The number of para-hydroxylation sites is 1. The summed E-state index contributed by atoms with van der Waals surface area (Å²) in [6.45, 7) is 9.26. The van der Waals surface area contributed by atoms with E-state index in [1.165, 1.54) is 37.4 Å². The Labute approximate surface area is 184 Å². The van der Waals surface area contributed by atoms with E-state index < -0.39 is 0 Å². The minimum atomic E-state index is 0.207. The molecule has 2 fully saturated rings. The molecular weight excluding hydrogens is 394 g/mol. The lowest BCUT2D eigenvalue weighted by atomic mass is 9.92. The third-order valence-electron chi connectivity index (χ3n) is 6.07. The molecule has 0 N–H and O–H groups in total. The minimum absolute atomic E-state index is 0.207. The summed E-state index contributed by atoms with van der Waals surface area (Å²) in [4.78, 5) is 17.4. The Morgan fingerprint density at radius 1 is 1.03 bits per heavy atom. The Morgan fingerprint density at radius 2 is 1.73 bits per heavy atom. The lowest BCUT2D eigenvalue weighted by molar-refractivity contribution is -0.130. The van der Waals surface area contributed by atoms with Crippen LogP contribution in [0.1, 0.15) is 45.4 Å². The molecule has 1 aromatic carbocycles. The first kappa shape index (κ1) is 21.4. The van der Waals surface area contributed by atoms with Gasteiger partial charge in [-0.05, 0) is 56.3 Å². The molecule has 2 aromatic rings. The van der Waals surface area contributed by atoms with E-state index in [-0.39, 0.29) is 5.91 Å². The van der Waals surface area contributed by atoms with Crippen LogP contribution in [0.25, 0.3) is 5.69 Å². The summed E-state index contributed by atoms with van der Waals surface area (Å²) in [6, 6.07) is 10.3. The van der Waals surface area contributed by atoms with Crippen LogP contribution in [-0.2, 0) is 11.3 Å². The molecule has 2 aliphatic rings. The highest BCUT2D eigenvalue weighted by Crippen LogP contribution is 2.26. The van der Waals surface area contributed by atoms with E-state index in [2.05, 4.69) is 45.6 Å². The van der Waals surface area contributed by atoms with Gasteiger partial charge in [0, 0.05) is 18.8 Å². The van der Waals surface area contributed by atoms with Gasteiger partial charge < -0.3 is 4.90 Å². The van der Waals surface area contributed by atoms with E-state index in [0.29, 0.717) is 17.6 Å². The van der Waals surface area contributed by atoms with Gasteiger partial charge in [0.15, 0.2) is 11.0 Å². The number of amides is 1. The molecule has 0 bridgehead atoms. The molecule has 2 saturated heterocycles. The summed E-state index contributed by atoms with van der Waals surface area (Å²) in [5, 5.41) is 9.82. The third kappa shape index (κ3) is 5.24. The van der Waals surface area contributed by atoms with Crippen molar-refractivity contribution < 1.29 is 4.79 Å². The lowest BCUT2D eigenvalue weighted by Crippen LogP contribution is -2.43. The van der Waals surface area contributed by atoms with Crippen LogP contribution in [0, 0.1) is 11.8 Å². The van der Waals surface area contributed by atoms with Crippen LogP contribution >= 0.6 is 11.8 Å². The van der Waals surface area contributed by atoms with Crippen molar-refractivity contribution in [3.8, 4) is 5.69 Å². The maximum absolute atomic E-state index is 12.9. The third-order valence-corrected chi connectivity index (χ3v) is 6.99. The number of nitrogens with zero attached hydrogens (tertiary/aromatic N) is 5. The maximum Gasteiger partial charge on any atom is 0.233 e. The predicted octanol–water partition coefficient (Wildman–Crippen LogP) is 3.85. The summed E-state index contributed by atoms with van der Waals surface area (Å²) in [5.74, 6) is 2.73. The molecule has 0 unspecified atom stereocenters. The topological polar surface area (TPSA) is 54.3 Å². The molecule has 3 heterocycles. The minimum Gasteiger partial charge on any atom is -0.341 e. The Hall–Kier alpha value is -1.86. The molecule has 2 aliphatic heterocycles. The highest BCUT2D eigenvalue weighted by Gasteiger charge is 2.26. The first-order valence-electron chi connectivity index (χ1n) is 11.2. The van der Waals surface area contributed by atoms with Gasteiger partial charge in [-0.1, -0.05) is 50.2 Å². The molecule has 2 atom stereocenters. The predicted molar refractivity (Wildman–Crippen MR) is 121 cm³/mol. The van der Waals surface area contributed by atoms with Crippen molar-refractivity contribution >= 4 is 17.7 Å². The first-order valence-corrected chi connectivity index (χ1v) is 12.2. The van der Waals surface area contributed by atoms with Crippen LogP contribution in [0.15, 0.2) is 35.5 Å². The number of carbonyl (C=O) groups is 1. The molecule has 0 aliphatic carbocycles. The second-order valence-corrected chi connectivity index (χ2v) is 9.88. The number of hydrogen-bond donors (Lipinski definition) is 0. The van der Waals surface area contributed by atoms with Gasteiger partial charge in [0.1, 0.15) is 0 Å². The Balaban J connectivity index is 1.49. The Kier molecular flexibility index (Phi) is 7.10. The van der Waals surface area contributed by atoms with Gasteiger partial charge in [-0.3, -0.25) is 14.3 Å². The van der Waals surface area contributed by atoms with E-state index in [4.69, 9.17) is 0 Å². The number of thioether (sulfide) groups is 1. The highest BCUT2D eigenvalue weighted by atomic mass is 32.2. The van der Waals surface area contributed by atoms with E-state index in [0.717, 1.165) is 49.4 Å². The van der Waals surface area contributed by atoms with Crippen molar-refractivity contribution in [3.05, 3.63) is 36.2 Å². The average Bonchev–Trinajstić information content (AvgIpc) is 3.15. The zero-order valence-electron chi connectivity index (χ0n) is 18.2. The zero-order chi connectivity index (χ0) is 20.9. The summed E-state index contributed by atoms with van der Waals surface area (Å²) in [5.41, 5.74) is 1.06. The van der Waals surface area contributed by atoms with Crippen molar-refractivity contribution in [2.24, 2.45) is 11.8 Å². The molecule has 1 aromatic heterocycles. The number of likely N-dealkylation sites (tertiary alicyclic amines) is 2. The van der Waals surface area contributed by atoms with E-state index >= 15 is 0 Å². The maximum atomic E-state index is 12.9. The second-order valence-electron chi connectivity index (χ2n) is 8.94. The van der Waals surface area contributed by atoms with Crippen LogP contribution in [0.3, 0.4) is 0 Å². The molecule has 0 spiro atoms. The molecule has 30 heavy (non-hydrogen) atoms. The van der Waals surface area contributed by atoms with Gasteiger partial charge in [0.2, 0.25) is 5.91 Å².